The zero-order valence-electron chi connectivity index (χ0n) is 21.0. The molecule has 0 N–H and O–H groups in total. The van der Waals surface area contributed by atoms with E-state index in [0.29, 0.717) is 18.4 Å². The lowest BCUT2D eigenvalue weighted by Gasteiger charge is -2.31. The molecule has 0 saturated carbocycles. The third-order valence-corrected chi connectivity index (χ3v) is 6.88. The summed E-state index contributed by atoms with van der Waals surface area (Å²) in [5.41, 5.74) is 6.66. The molecule has 1 atom stereocenters. The first-order valence-corrected chi connectivity index (χ1v) is 12.4. The number of carbonyl (C=O) groups excluding carboxylic acids is 1. The number of anilines is 1. The molecule has 1 amide bonds. The number of aryl methyl sites for hydroxylation is 1. The molecule has 4 nitrogen and oxygen atoms in total. The molecule has 0 aliphatic heterocycles. The number of methoxy groups -OCH3 is 1. The Morgan fingerprint density at radius 2 is 1.79 bits per heavy atom. The summed E-state index contributed by atoms with van der Waals surface area (Å²) in [5, 5.41) is 0. The van der Waals surface area contributed by atoms with Crippen LogP contribution in [-0.4, -0.2) is 18.0 Å². The standard InChI is InChI=1S/C30H36N2O2/c1-20(2)23-10-13-25(14-11-23)32(19-22-9-16-29(21(3)4)31-18-22)30(33)27-8-6-7-24-12-15-26(34-5)17-28(24)27/h9-18,20-21,27H,6-8,19H2,1-5H3. The van der Waals surface area contributed by atoms with Gasteiger partial charge < -0.3 is 9.64 Å². The van der Waals surface area contributed by atoms with Gasteiger partial charge in [0.25, 0.3) is 0 Å². The molecular formula is C30H36N2O2. The highest BCUT2D eigenvalue weighted by Gasteiger charge is 2.31. The van der Waals surface area contributed by atoms with Gasteiger partial charge in [-0.1, -0.05) is 52.0 Å². The summed E-state index contributed by atoms with van der Waals surface area (Å²) < 4.78 is 5.48. The van der Waals surface area contributed by atoms with Crippen LogP contribution in [0.1, 0.15) is 86.2 Å². The molecule has 0 radical (unpaired) electrons. The smallest absolute Gasteiger partial charge is 0.234 e. The normalized spacial score (nSPS) is 15.3. The number of rotatable bonds is 7. The van der Waals surface area contributed by atoms with Crippen LogP contribution in [0.3, 0.4) is 0 Å². The van der Waals surface area contributed by atoms with E-state index >= 15 is 0 Å². The lowest BCUT2D eigenvalue weighted by molar-refractivity contribution is -0.120. The number of benzene rings is 2. The Labute approximate surface area is 204 Å². The average Bonchev–Trinajstić information content (AvgIpc) is 2.86. The van der Waals surface area contributed by atoms with Crippen LogP contribution < -0.4 is 9.64 Å². The van der Waals surface area contributed by atoms with Crippen LogP contribution in [0, 0.1) is 0 Å². The molecule has 0 spiro atoms. The fraction of sp³-hybridized carbons (Fsp3) is 0.400. The number of hydrogen-bond donors (Lipinski definition) is 0. The molecule has 178 valence electrons. The first-order chi connectivity index (χ1) is 16.4. The highest BCUT2D eigenvalue weighted by atomic mass is 16.5. The number of amides is 1. The largest absolute Gasteiger partial charge is 0.497 e. The number of nitrogens with zero attached hydrogens (tertiary/aromatic N) is 2. The van der Waals surface area contributed by atoms with Crippen LogP contribution in [0.15, 0.2) is 60.8 Å². The number of aromatic nitrogens is 1. The summed E-state index contributed by atoms with van der Waals surface area (Å²) in [5.74, 6) is 1.60. The molecule has 1 aliphatic rings. The summed E-state index contributed by atoms with van der Waals surface area (Å²) in [4.78, 5) is 20.7. The second-order valence-electron chi connectivity index (χ2n) is 9.93. The maximum absolute atomic E-state index is 14.1. The van der Waals surface area contributed by atoms with E-state index in [4.69, 9.17) is 4.74 Å². The van der Waals surface area contributed by atoms with Gasteiger partial charge in [-0.2, -0.15) is 0 Å². The summed E-state index contributed by atoms with van der Waals surface area (Å²) in [6.07, 6.45) is 4.79. The van der Waals surface area contributed by atoms with E-state index in [2.05, 4.69) is 81.2 Å². The molecule has 0 saturated heterocycles. The van der Waals surface area contributed by atoms with Crippen LogP contribution in [0.4, 0.5) is 5.69 Å². The molecule has 2 aromatic carbocycles. The van der Waals surface area contributed by atoms with Crippen molar-refractivity contribution in [1.29, 1.82) is 0 Å². The second kappa shape index (κ2) is 10.4. The Morgan fingerprint density at radius 1 is 1.03 bits per heavy atom. The van der Waals surface area contributed by atoms with Crippen LogP contribution in [0.5, 0.6) is 5.75 Å². The molecule has 1 aliphatic carbocycles. The topological polar surface area (TPSA) is 42.4 Å². The molecule has 0 fully saturated rings. The number of fused-ring (bicyclic) bond motifs is 1. The van der Waals surface area contributed by atoms with E-state index in [1.807, 2.05) is 17.2 Å². The van der Waals surface area contributed by atoms with Crippen LogP contribution in [-0.2, 0) is 17.8 Å². The van der Waals surface area contributed by atoms with E-state index in [-0.39, 0.29) is 11.8 Å². The minimum Gasteiger partial charge on any atom is -0.497 e. The Kier molecular flexibility index (Phi) is 7.35. The van der Waals surface area contributed by atoms with Crippen molar-refractivity contribution in [3.05, 3.63) is 88.7 Å². The number of carbonyl (C=O) groups is 1. The quantitative estimate of drug-likeness (QED) is 0.385. The van der Waals surface area contributed by atoms with Crippen molar-refractivity contribution in [2.24, 2.45) is 0 Å². The third-order valence-electron chi connectivity index (χ3n) is 6.88. The highest BCUT2D eigenvalue weighted by molar-refractivity contribution is 5.98. The molecule has 1 unspecified atom stereocenters. The van der Waals surface area contributed by atoms with Crippen LogP contribution >= 0.6 is 0 Å². The zero-order chi connectivity index (χ0) is 24.2. The first-order valence-electron chi connectivity index (χ1n) is 12.4. The van der Waals surface area contributed by atoms with Crippen LogP contribution in [0.2, 0.25) is 0 Å². The molecular weight excluding hydrogens is 420 g/mol. The fourth-order valence-electron chi connectivity index (χ4n) is 4.74. The second-order valence-corrected chi connectivity index (χ2v) is 9.93. The monoisotopic (exact) mass is 456 g/mol. The Balaban J connectivity index is 1.70. The predicted octanol–water partition coefficient (Wildman–Crippen LogP) is 6.99. The van der Waals surface area contributed by atoms with E-state index in [1.165, 1.54) is 11.1 Å². The van der Waals surface area contributed by atoms with Gasteiger partial charge in [0.05, 0.1) is 19.6 Å². The van der Waals surface area contributed by atoms with E-state index in [1.54, 1.807) is 7.11 Å². The van der Waals surface area contributed by atoms with Crippen molar-refractivity contribution in [1.82, 2.24) is 4.98 Å². The molecule has 3 aromatic rings. The number of pyridine rings is 1. The van der Waals surface area contributed by atoms with Gasteiger partial charge in [0.15, 0.2) is 0 Å². The summed E-state index contributed by atoms with van der Waals surface area (Å²) in [7, 11) is 1.68. The van der Waals surface area contributed by atoms with E-state index in [9.17, 15) is 4.79 Å². The van der Waals surface area contributed by atoms with Gasteiger partial charge in [-0.3, -0.25) is 9.78 Å². The summed E-state index contributed by atoms with van der Waals surface area (Å²) >= 11 is 0. The molecule has 0 bridgehead atoms. The fourth-order valence-corrected chi connectivity index (χ4v) is 4.74. The minimum atomic E-state index is -0.175. The first kappa shape index (κ1) is 24.0. The number of ether oxygens (including phenoxy) is 1. The van der Waals surface area contributed by atoms with Crippen molar-refractivity contribution < 1.29 is 9.53 Å². The Morgan fingerprint density at radius 3 is 2.41 bits per heavy atom. The summed E-state index contributed by atoms with van der Waals surface area (Å²) in [6.45, 7) is 9.16. The van der Waals surface area contributed by atoms with Gasteiger partial charge >= 0.3 is 0 Å². The zero-order valence-corrected chi connectivity index (χ0v) is 21.0. The number of hydrogen-bond acceptors (Lipinski definition) is 3. The van der Waals surface area contributed by atoms with Crippen molar-refractivity contribution >= 4 is 11.6 Å². The van der Waals surface area contributed by atoms with Gasteiger partial charge in [0.2, 0.25) is 5.91 Å². The van der Waals surface area contributed by atoms with Gasteiger partial charge in [0.1, 0.15) is 5.75 Å². The molecule has 4 heteroatoms. The van der Waals surface area contributed by atoms with Crippen molar-refractivity contribution in [2.75, 3.05) is 12.0 Å². The lowest BCUT2D eigenvalue weighted by atomic mass is 9.81. The van der Waals surface area contributed by atoms with E-state index in [0.717, 1.165) is 47.5 Å². The minimum absolute atomic E-state index is 0.138. The SMILES string of the molecule is COc1ccc2c(c1)C(C(=O)N(Cc1ccc(C(C)C)nc1)c1ccc(C(C)C)cc1)CCC2. The molecule has 1 aromatic heterocycles. The van der Waals surface area contributed by atoms with Gasteiger partial charge in [-0.05, 0) is 83.7 Å². The highest BCUT2D eigenvalue weighted by Crippen LogP contribution is 2.37. The maximum atomic E-state index is 14.1. The third kappa shape index (κ3) is 5.16. The van der Waals surface area contributed by atoms with Gasteiger partial charge in [-0.25, -0.2) is 0 Å². The lowest BCUT2D eigenvalue weighted by Crippen LogP contribution is -2.36. The van der Waals surface area contributed by atoms with Crippen molar-refractivity contribution in [3.8, 4) is 5.75 Å². The van der Waals surface area contributed by atoms with Crippen LogP contribution in [0.25, 0.3) is 0 Å². The molecule has 1 heterocycles. The van der Waals surface area contributed by atoms with Gasteiger partial charge in [-0.15, -0.1) is 0 Å². The molecule has 4 rings (SSSR count). The maximum Gasteiger partial charge on any atom is 0.234 e. The summed E-state index contributed by atoms with van der Waals surface area (Å²) in [6, 6.07) is 18.8. The van der Waals surface area contributed by atoms with Gasteiger partial charge in [0, 0.05) is 17.6 Å². The average molecular weight is 457 g/mol. The molecule has 34 heavy (non-hydrogen) atoms. The van der Waals surface area contributed by atoms with E-state index < -0.39 is 0 Å². The Hall–Kier alpha value is -3.14. The predicted molar refractivity (Wildman–Crippen MR) is 139 cm³/mol. The van der Waals surface area contributed by atoms with Crippen molar-refractivity contribution in [3.63, 3.8) is 0 Å². The van der Waals surface area contributed by atoms with Crippen molar-refractivity contribution in [2.45, 2.75) is 71.3 Å². The Bertz CT molecular complexity index is 1120.